The van der Waals surface area contributed by atoms with Crippen LogP contribution in [0.2, 0.25) is 0 Å². The van der Waals surface area contributed by atoms with Crippen LogP contribution in [0, 0.1) is 17.3 Å². The molecule has 3 nitrogen and oxygen atoms in total. The van der Waals surface area contributed by atoms with E-state index in [1.54, 1.807) is 0 Å². The van der Waals surface area contributed by atoms with Crippen molar-refractivity contribution in [3.05, 3.63) is 0 Å². The first-order valence-corrected chi connectivity index (χ1v) is 5.21. The summed E-state index contributed by atoms with van der Waals surface area (Å²) in [7, 11) is 0. The average molecular weight is 200 g/mol. The number of rotatable bonds is 2. The Hall–Kier alpha value is -0.410. The number of hydrogen-bond acceptors (Lipinski definition) is 3. The number of aliphatic hydroxyl groups is 2. The quantitative estimate of drug-likeness (QED) is 0.698. The molecule has 3 unspecified atom stereocenters. The summed E-state index contributed by atoms with van der Waals surface area (Å²) in [4.78, 5) is 11.8. The number of Topliss-reactive ketones (excluding diaryl/α,β-unsaturated/α-hetero) is 1. The molecule has 1 rings (SSSR count). The van der Waals surface area contributed by atoms with Crippen LogP contribution in [0.15, 0.2) is 0 Å². The largest absolute Gasteiger partial charge is 0.394 e. The molecule has 14 heavy (non-hydrogen) atoms. The Kier molecular flexibility index (Phi) is 3.32. The number of aliphatic hydroxyl groups excluding tert-OH is 2. The van der Waals surface area contributed by atoms with Crippen molar-refractivity contribution in [2.24, 2.45) is 17.3 Å². The fourth-order valence-electron chi connectivity index (χ4n) is 2.51. The zero-order valence-electron chi connectivity index (χ0n) is 9.16. The second-order valence-corrected chi connectivity index (χ2v) is 5.10. The molecule has 0 radical (unpaired) electrons. The molecule has 0 aromatic carbocycles. The maximum Gasteiger partial charge on any atom is 0.141 e. The molecule has 0 amide bonds. The van der Waals surface area contributed by atoms with Gasteiger partial charge in [-0.05, 0) is 18.8 Å². The molecule has 0 spiro atoms. The van der Waals surface area contributed by atoms with E-state index in [4.69, 9.17) is 5.11 Å². The number of ketones is 1. The summed E-state index contributed by atoms with van der Waals surface area (Å²) in [6.45, 7) is 5.53. The van der Waals surface area contributed by atoms with E-state index in [2.05, 4.69) is 0 Å². The van der Waals surface area contributed by atoms with Crippen LogP contribution in [0.1, 0.15) is 33.6 Å². The van der Waals surface area contributed by atoms with Gasteiger partial charge in [-0.3, -0.25) is 4.79 Å². The van der Waals surface area contributed by atoms with E-state index in [0.29, 0.717) is 12.8 Å². The van der Waals surface area contributed by atoms with Crippen LogP contribution in [-0.4, -0.2) is 28.7 Å². The van der Waals surface area contributed by atoms with E-state index in [1.807, 2.05) is 20.8 Å². The lowest BCUT2D eigenvalue weighted by molar-refractivity contribution is -0.137. The first-order valence-electron chi connectivity index (χ1n) is 5.21. The molecule has 3 atom stereocenters. The summed E-state index contributed by atoms with van der Waals surface area (Å²) in [6.07, 6.45) is 0.701. The van der Waals surface area contributed by atoms with Gasteiger partial charge in [0, 0.05) is 11.3 Å². The molecule has 82 valence electrons. The first-order chi connectivity index (χ1) is 6.38. The zero-order valence-corrected chi connectivity index (χ0v) is 9.16. The van der Waals surface area contributed by atoms with Gasteiger partial charge in [-0.1, -0.05) is 20.8 Å². The Morgan fingerprint density at radius 1 is 1.57 bits per heavy atom. The number of carbonyl (C=O) groups excluding carboxylic acids is 1. The second-order valence-electron chi connectivity index (χ2n) is 5.10. The lowest BCUT2D eigenvalue weighted by Gasteiger charge is -2.39. The summed E-state index contributed by atoms with van der Waals surface area (Å²) in [6, 6.07) is 0. The van der Waals surface area contributed by atoms with Crippen molar-refractivity contribution in [2.45, 2.75) is 39.7 Å². The van der Waals surface area contributed by atoms with E-state index >= 15 is 0 Å². The highest BCUT2D eigenvalue weighted by Gasteiger charge is 2.41. The fourth-order valence-corrected chi connectivity index (χ4v) is 2.51. The summed E-state index contributed by atoms with van der Waals surface area (Å²) in [5.74, 6) is 0.339. The molecule has 0 heterocycles. The fraction of sp³-hybridized carbons (Fsp3) is 0.909. The van der Waals surface area contributed by atoms with Crippen molar-refractivity contribution in [1.29, 1.82) is 0 Å². The molecule has 0 bridgehead atoms. The SMILES string of the molecule is CC1CC(C(O)CO)CC(C)(C)C1=O. The Morgan fingerprint density at radius 2 is 2.14 bits per heavy atom. The third-order valence-electron chi connectivity index (χ3n) is 3.27. The molecular weight excluding hydrogens is 180 g/mol. The van der Waals surface area contributed by atoms with Crippen molar-refractivity contribution in [3.63, 3.8) is 0 Å². The number of hydrogen-bond donors (Lipinski definition) is 2. The molecule has 1 aliphatic rings. The maximum absolute atomic E-state index is 11.8. The van der Waals surface area contributed by atoms with Crippen molar-refractivity contribution in [2.75, 3.05) is 6.61 Å². The minimum atomic E-state index is -0.676. The van der Waals surface area contributed by atoms with Crippen LogP contribution in [0.4, 0.5) is 0 Å². The molecule has 2 N–H and O–H groups in total. The molecular formula is C11H20O3. The van der Waals surface area contributed by atoms with E-state index < -0.39 is 6.10 Å². The minimum Gasteiger partial charge on any atom is -0.394 e. The van der Waals surface area contributed by atoms with Crippen LogP contribution in [-0.2, 0) is 4.79 Å². The molecule has 0 saturated heterocycles. The van der Waals surface area contributed by atoms with E-state index in [1.165, 1.54) is 0 Å². The maximum atomic E-state index is 11.8. The Balaban J connectivity index is 2.73. The summed E-state index contributed by atoms with van der Waals surface area (Å²) in [5, 5.41) is 18.4. The molecule has 1 fully saturated rings. The first kappa shape index (κ1) is 11.7. The summed E-state index contributed by atoms with van der Waals surface area (Å²) in [5.41, 5.74) is -0.349. The van der Waals surface area contributed by atoms with Crippen molar-refractivity contribution in [3.8, 4) is 0 Å². The van der Waals surface area contributed by atoms with Crippen LogP contribution >= 0.6 is 0 Å². The molecule has 1 aliphatic carbocycles. The van der Waals surface area contributed by atoms with Gasteiger partial charge in [0.25, 0.3) is 0 Å². The highest BCUT2D eigenvalue weighted by atomic mass is 16.3. The molecule has 0 aromatic rings. The normalized spacial score (nSPS) is 34.2. The van der Waals surface area contributed by atoms with Gasteiger partial charge in [0.1, 0.15) is 5.78 Å². The lowest BCUT2D eigenvalue weighted by Crippen LogP contribution is -2.42. The van der Waals surface area contributed by atoms with Gasteiger partial charge in [-0.2, -0.15) is 0 Å². The minimum absolute atomic E-state index is 0.00458. The second kappa shape index (κ2) is 3.99. The lowest BCUT2D eigenvalue weighted by atomic mass is 9.66. The van der Waals surface area contributed by atoms with Gasteiger partial charge >= 0.3 is 0 Å². The third-order valence-corrected chi connectivity index (χ3v) is 3.27. The Bertz CT molecular complexity index is 223. The highest BCUT2D eigenvalue weighted by Crippen LogP contribution is 2.40. The van der Waals surface area contributed by atoms with E-state index in [9.17, 15) is 9.90 Å². The zero-order chi connectivity index (χ0) is 10.9. The van der Waals surface area contributed by atoms with Crippen LogP contribution in [0.25, 0.3) is 0 Å². The summed E-state index contributed by atoms with van der Waals surface area (Å²) >= 11 is 0. The van der Waals surface area contributed by atoms with Gasteiger partial charge in [0.15, 0.2) is 0 Å². The van der Waals surface area contributed by atoms with Gasteiger partial charge in [-0.15, -0.1) is 0 Å². The van der Waals surface area contributed by atoms with Crippen LogP contribution in [0.5, 0.6) is 0 Å². The topological polar surface area (TPSA) is 57.5 Å². The average Bonchev–Trinajstić information content (AvgIpc) is 2.12. The van der Waals surface area contributed by atoms with Gasteiger partial charge < -0.3 is 10.2 Å². The predicted octanol–water partition coefficient (Wildman–Crippen LogP) is 0.981. The van der Waals surface area contributed by atoms with Gasteiger partial charge in [0.2, 0.25) is 0 Å². The van der Waals surface area contributed by atoms with Crippen molar-refractivity contribution >= 4 is 5.78 Å². The molecule has 3 heteroatoms. The monoisotopic (exact) mass is 200 g/mol. The Labute approximate surface area is 85.1 Å². The van der Waals surface area contributed by atoms with Gasteiger partial charge in [-0.25, -0.2) is 0 Å². The van der Waals surface area contributed by atoms with E-state index in [0.717, 1.165) is 0 Å². The van der Waals surface area contributed by atoms with Crippen molar-refractivity contribution < 1.29 is 15.0 Å². The molecule has 1 saturated carbocycles. The Morgan fingerprint density at radius 3 is 2.57 bits per heavy atom. The van der Waals surface area contributed by atoms with Crippen molar-refractivity contribution in [1.82, 2.24) is 0 Å². The van der Waals surface area contributed by atoms with Gasteiger partial charge in [0.05, 0.1) is 12.7 Å². The molecule has 0 aliphatic heterocycles. The smallest absolute Gasteiger partial charge is 0.141 e. The van der Waals surface area contributed by atoms with Crippen LogP contribution in [0.3, 0.4) is 0 Å². The highest BCUT2D eigenvalue weighted by molar-refractivity contribution is 5.86. The van der Waals surface area contributed by atoms with E-state index in [-0.39, 0.29) is 29.6 Å². The number of carbonyl (C=O) groups is 1. The summed E-state index contributed by atoms with van der Waals surface area (Å²) < 4.78 is 0. The third kappa shape index (κ3) is 2.15. The predicted molar refractivity (Wildman–Crippen MR) is 53.8 cm³/mol. The van der Waals surface area contributed by atoms with Crippen LogP contribution < -0.4 is 0 Å². The standard InChI is InChI=1S/C11H20O3/c1-7-4-8(9(13)6-12)5-11(2,3)10(7)14/h7-9,12-13H,4-6H2,1-3H3. The molecule has 0 aromatic heterocycles.